The lowest BCUT2D eigenvalue weighted by molar-refractivity contribution is -0.384. The molecule has 1 aromatic heterocycles. The maximum Gasteiger partial charge on any atom is 0.271 e. The Kier molecular flexibility index (Phi) is 5.19. The van der Waals surface area contributed by atoms with Crippen molar-refractivity contribution in [3.05, 3.63) is 57.5 Å². The number of non-ortho nitro benzene ring substituents is 1. The Morgan fingerprint density at radius 2 is 2.24 bits per heavy atom. The summed E-state index contributed by atoms with van der Waals surface area (Å²) in [5.74, 6) is 0.757. The number of aliphatic hydroxyl groups excluding tert-OH is 1. The molecule has 2 aromatic rings. The van der Waals surface area contributed by atoms with E-state index in [2.05, 4.69) is 5.32 Å². The monoisotopic (exact) mass is 310 g/mol. The van der Waals surface area contributed by atoms with Gasteiger partial charge in [0.1, 0.15) is 5.76 Å². The molecule has 0 fully saturated rings. The third-order valence-electron chi connectivity index (χ3n) is 3.07. The van der Waals surface area contributed by atoms with E-state index in [9.17, 15) is 15.2 Å². The smallest absolute Gasteiger partial charge is 0.271 e. The third kappa shape index (κ3) is 4.21. The van der Waals surface area contributed by atoms with Crippen LogP contribution in [0.25, 0.3) is 0 Å². The number of rotatable bonds is 7. The quantitative estimate of drug-likeness (QED) is 0.606. The van der Waals surface area contributed by atoms with Crippen LogP contribution in [0, 0.1) is 16.0 Å². The number of benzene rings is 1. The number of anilines is 1. The standard InChI is InChI=1S/C14H15ClN2O4/c15-13-7-11(17(19)20)3-4-14(13)16-8-10(9-18)6-12-2-1-5-21-12/h1-5,7,10,16,18H,6,8-9H2/t10-/m1/s1. The predicted molar refractivity (Wildman–Crippen MR) is 79.6 cm³/mol. The maximum absolute atomic E-state index is 10.6. The van der Waals surface area contributed by atoms with E-state index in [0.29, 0.717) is 18.7 Å². The van der Waals surface area contributed by atoms with Crippen molar-refractivity contribution in [3.8, 4) is 0 Å². The first kappa shape index (κ1) is 15.3. The summed E-state index contributed by atoms with van der Waals surface area (Å²) in [7, 11) is 0. The van der Waals surface area contributed by atoms with Crippen molar-refractivity contribution in [2.24, 2.45) is 5.92 Å². The van der Waals surface area contributed by atoms with Crippen LogP contribution in [-0.4, -0.2) is 23.2 Å². The fraction of sp³-hybridized carbons (Fsp3) is 0.286. The van der Waals surface area contributed by atoms with E-state index < -0.39 is 4.92 Å². The van der Waals surface area contributed by atoms with Crippen molar-refractivity contribution in [2.45, 2.75) is 6.42 Å². The van der Waals surface area contributed by atoms with Gasteiger partial charge in [-0.15, -0.1) is 0 Å². The second-order valence-electron chi connectivity index (χ2n) is 4.63. The summed E-state index contributed by atoms with van der Waals surface area (Å²) in [6, 6.07) is 7.88. The van der Waals surface area contributed by atoms with Crippen molar-refractivity contribution in [2.75, 3.05) is 18.5 Å². The third-order valence-corrected chi connectivity index (χ3v) is 3.39. The van der Waals surface area contributed by atoms with E-state index in [1.807, 2.05) is 6.07 Å². The molecule has 2 rings (SSSR count). The molecule has 0 aliphatic heterocycles. The highest BCUT2D eigenvalue weighted by molar-refractivity contribution is 6.33. The van der Waals surface area contributed by atoms with Crippen molar-refractivity contribution >= 4 is 23.0 Å². The molecule has 112 valence electrons. The van der Waals surface area contributed by atoms with Gasteiger partial charge in [0.2, 0.25) is 0 Å². The normalized spacial score (nSPS) is 12.1. The molecule has 0 aliphatic rings. The Morgan fingerprint density at radius 3 is 2.81 bits per heavy atom. The average Bonchev–Trinajstić information content (AvgIpc) is 2.97. The highest BCUT2D eigenvalue weighted by atomic mass is 35.5. The average molecular weight is 311 g/mol. The number of nitrogens with one attached hydrogen (secondary N) is 1. The van der Waals surface area contributed by atoms with Gasteiger partial charge in [0.05, 0.1) is 21.9 Å². The van der Waals surface area contributed by atoms with Crippen LogP contribution in [0.1, 0.15) is 5.76 Å². The van der Waals surface area contributed by atoms with Crippen LogP contribution in [-0.2, 0) is 6.42 Å². The molecule has 0 amide bonds. The van der Waals surface area contributed by atoms with Crippen molar-refractivity contribution < 1.29 is 14.4 Å². The largest absolute Gasteiger partial charge is 0.469 e. The van der Waals surface area contributed by atoms with Crippen LogP contribution < -0.4 is 5.32 Å². The van der Waals surface area contributed by atoms with Crippen LogP contribution in [0.4, 0.5) is 11.4 Å². The van der Waals surface area contributed by atoms with Crippen molar-refractivity contribution in [1.29, 1.82) is 0 Å². The lowest BCUT2D eigenvalue weighted by Crippen LogP contribution is -2.20. The molecule has 2 N–H and O–H groups in total. The summed E-state index contributed by atoms with van der Waals surface area (Å²) in [5.41, 5.74) is 0.542. The van der Waals surface area contributed by atoms with Crippen molar-refractivity contribution in [3.63, 3.8) is 0 Å². The van der Waals surface area contributed by atoms with Gasteiger partial charge in [-0.25, -0.2) is 0 Å². The summed E-state index contributed by atoms with van der Waals surface area (Å²) >= 11 is 5.99. The summed E-state index contributed by atoms with van der Waals surface area (Å²) in [4.78, 5) is 10.1. The second kappa shape index (κ2) is 7.10. The highest BCUT2D eigenvalue weighted by Crippen LogP contribution is 2.26. The number of nitro benzene ring substituents is 1. The van der Waals surface area contributed by atoms with E-state index >= 15 is 0 Å². The van der Waals surface area contributed by atoms with Crippen LogP contribution >= 0.6 is 11.6 Å². The zero-order valence-electron chi connectivity index (χ0n) is 11.2. The van der Waals surface area contributed by atoms with Gasteiger partial charge in [-0.1, -0.05) is 11.6 Å². The molecule has 7 heteroatoms. The Bertz CT molecular complexity index is 601. The van der Waals surface area contributed by atoms with Crippen LogP contribution in [0.3, 0.4) is 0 Å². The SMILES string of the molecule is O=[N+]([O-])c1ccc(NC[C@H](CO)Cc2ccco2)c(Cl)c1. The number of hydrogen-bond donors (Lipinski definition) is 2. The van der Waals surface area contributed by atoms with Gasteiger partial charge in [0.15, 0.2) is 0 Å². The summed E-state index contributed by atoms with van der Waals surface area (Å²) in [5, 5.41) is 23.4. The lowest BCUT2D eigenvalue weighted by atomic mass is 10.0. The molecule has 0 spiro atoms. The molecular formula is C14H15ClN2O4. The van der Waals surface area contributed by atoms with Gasteiger partial charge in [-0.3, -0.25) is 10.1 Å². The molecule has 0 radical (unpaired) electrons. The van der Waals surface area contributed by atoms with Gasteiger partial charge >= 0.3 is 0 Å². The number of aliphatic hydroxyl groups is 1. The Hall–Kier alpha value is -2.05. The fourth-order valence-electron chi connectivity index (χ4n) is 1.93. The van der Waals surface area contributed by atoms with E-state index in [-0.39, 0.29) is 23.2 Å². The molecule has 1 heterocycles. The minimum atomic E-state index is -0.497. The van der Waals surface area contributed by atoms with Crippen LogP contribution in [0.15, 0.2) is 41.0 Å². The van der Waals surface area contributed by atoms with E-state index in [0.717, 1.165) is 5.76 Å². The molecule has 0 saturated heterocycles. The minimum absolute atomic E-state index is 0.00169. The molecular weight excluding hydrogens is 296 g/mol. The maximum atomic E-state index is 10.6. The van der Waals surface area contributed by atoms with E-state index in [4.69, 9.17) is 16.0 Å². The van der Waals surface area contributed by atoms with Crippen LogP contribution in [0.5, 0.6) is 0 Å². The molecule has 6 nitrogen and oxygen atoms in total. The highest BCUT2D eigenvalue weighted by Gasteiger charge is 2.13. The van der Waals surface area contributed by atoms with Gasteiger partial charge < -0.3 is 14.8 Å². The minimum Gasteiger partial charge on any atom is -0.469 e. The Labute approximate surface area is 126 Å². The lowest BCUT2D eigenvalue weighted by Gasteiger charge is -2.15. The zero-order chi connectivity index (χ0) is 15.2. The molecule has 0 unspecified atom stereocenters. The molecule has 0 aliphatic carbocycles. The number of hydrogen-bond acceptors (Lipinski definition) is 5. The molecule has 0 bridgehead atoms. The van der Waals surface area contributed by atoms with E-state index in [1.165, 1.54) is 12.1 Å². The Balaban J connectivity index is 1.96. The van der Waals surface area contributed by atoms with Gasteiger partial charge in [0, 0.05) is 37.6 Å². The predicted octanol–water partition coefficient (Wildman–Crippen LogP) is 3.10. The van der Waals surface area contributed by atoms with Gasteiger partial charge in [-0.2, -0.15) is 0 Å². The molecule has 0 saturated carbocycles. The fourth-order valence-corrected chi connectivity index (χ4v) is 2.17. The first-order chi connectivity index (χ1) is 10.1. The number of nitro groups is 1. The summed E-state index contributed by atoms with van der Waals surface area (Å²) in [6.45, 7) is 0.479. The Morgan fingerprint density at radius 1 is 1.43 bits per heavy atom. The number of nitrogens with zero attached hydrogens (tertiary/aromatic N) is 1. The topological polar surface area (TPSA) is 88.5 Å². The number of furan rings is 1. The second-order valence-corrected chi connectivity index (χ2v) is 5.04. The van der Waals surface area contributed by atoms with Crippen molar-refractivity contribution in [1.82, 2.24) is 0 Å². The first-order valence-corrected chi connectivity index (χ1v) is 6.79. The number of halogens is 1. The van der Waals surface area contributed by atoms with Gasteiger partial charge in [-0.05, 0) is 18.2 Å². The molecule has 1 aromatic carbocycles. The molecule has 21 heavy (non-hydrogen) atoms. The van der Waals surface area contributed by atoms with Gasteiger partial charge in [0.25, 0.3) is 5.69 Å². The first-order valence-electron chi connectivity index (χ1n) is 6.41. The zero-order valence-corrected chi connectivity index (χ0v) is 11.9. The molecule has 1 atom stereocenters. The van der Waals surface area contributed by atoms with E-state index in [1.54, 1.807) is 18.4 Å². The summed E-state index contributed by atoms with van der Waals surface area (Å²) in [6.07, 6.45) is 2.19. The van der Waals surface area contributed by atoms with Crippen LogP contribution in [0.2, 0.25) is 5.02 Å². The summed E-state index contributed by atoms with van der Waals surface area (Å²) < 4.78 is 5.24.